The number of allylic oxidation sites excluding steroid dienone is 27. The second kappa shape index (κ2) is 66.3. The monoisotopic (exact) mass is 1220 g/mol. The van der Waals surface area contributed by atoms with Gasteiger partial charge in [-0.15, -0.1) is 0 Å². The normalized spacial score (nSPS) is 14.7. The number of nitrogens with one attached hydrogen (secondary N) is 1. The first-order valence-electron chi connectivity index (χ1n) is 35.0. The highest BCUT2D eigenvalue weighted by Gasteiger charge is 2.28. The smallest absolute Gasteiger partial charge is 0.387 e. The summed E-state index contributed by atoms with van der Waals surface area (Å²) in [6.07, 6.45) is 105. The molecule has 1 amide bonds. The van der Waals surface area contributed by atoms with Crippen LogP contribution in [0, 0.1) is 0 Å². The van der Waals surface area contributed by atoms with Crippen molar-refractivity contribution >= 4 is 13.7 Å². The molecule has 0 aromatic rings. The highest BCUT2D eigenvalue weighted by Crippen LogP contribution is 2.43. The van der Waals surface area contributed by atoms with Crippen molar-refractivity contribution < 1.29 is 32.9 Å². The molecule has 0 fully saturated rings. The third kappa shape index (κ3) is 69.2. The summed E-state index contributed by atoms with van der Waals surface area (Å²) in [4.78, 5) is 23.4. The number of carbonyl (C=O) groups excluding carboxylic acids is 1. The van der Waals surface area contributed by atoms with Gasteiger partial charge in [0.25, 0.3) is 0 Å². The van der Waals surface area contributed by atoms with E-state index < -0.39 is 20.0 Å². The van der Waals surface area contributed by atoms with Gasteiger partial charge in [0.15, 0.2) is 0 Å². The summed E-state index contributed by atoms with van der Waals surface area (Å²) in [7, 11) is 1.51. The molecule has 9 heteroatoms. The Morgan fingerprint density at radius 1 is 0.402 bits per heavy atom. The van der Waals surface area contributed by atoms with E-state index in [9.17, 15) is 19.4 Å². The van der Waals surface area contributed by atoms with Gasteiger partial charge in [0.1, 0.15) is 13.2 Å². The molecule has 0 spiro atoms. The molecule has 0 rings (SSSR count). The fourth-order valence-corrected chi connectivity index (χ4v) is 9.99. The van der Waals surface area contributed by atoms with Gasteiger partial charge in [-0.05, 0) is 128 Å². The average Bonchev–Trinajstić information content (AvgIpc) is 3.69. The predicted octanol–water partition coefficient (Wildman–Crippen LogP) is 22.7. The highest BCUT2D eigenvalue weighted by molar-refractivity contribution is 7.47. The van der Waals surface area contributed by atoms with Crippen LogP contribution < -0.4 is 5.32 Å². The zero-order valence-electron chi connectivity index (χ0n) is 56.4. The van der Waals surface area contributed by atoms with Crippen molar-refractivity contribution in [3.8, 4) is 0 Å². The lowest BCUT2D eigenvalue weighted by molar-refractivity contribution is -0.870. The Morgan fingerprint density at radius 3 is 1.06 bits per heavy atom. The summed E-state index contributed by atoms with van der Waals surface area (Å²) in [6.45, 7) is 4.66. The Labute approximate surface area is 536 Å². The third-order valence-electron chi connectivity index (χ3n) is 14.6. The van der Waals surface area contributed by atoms with E-state index in [2.05, 4.69) is 177 Å². The first kappa shape index (κ1) is 82.9. The van der Waals surface area contributed by atoms with Crippen LogP contribution in [0.3, 0.4) is 0 Å². The van der Waals surface area contributed by atoms with Crippen LogP contribution in [-0.2, 0) is 18.4 Å². The molecule has 0 aliphatic heterocycles. The van der Waals surface area contributed by atoms with Crippen molar-refractivity contribution in [2.45, 2.75) is 276 Å². The zero-order chi connectivity index (χ0) is 63.4. The lowest BCUT2D eigenvalue weighted by Crippen LogP contribution is -2.45. The average molecular weight is 1220 g/mol. The highest BCUT2D eigenvalue weighted by atomic mass is 31.2. The lowest BCUT2D eigenvalue weighted by Gasteiger charge is -2.25. The number of amides is 1. The lowest BCUT2D eigenvalue weighted by atomic mass is 10.0. The Bertz CT molecular complexity index is 2020. The minimum Gasteiger partial charge on any atom is -0.387 e. The van der Waals surface area contributed by atoms with Crippen LogP contribution in [0.5, 0.6) is 0 Å². The molecule has 0 bridgehead atoms. The van der Waals surface area contributed by atoms with E-state index in [0.717, 1.165) is 135 Å². The van der Waals surface area contributed by atoms with Crippen molar-refractivity contribution in [2.75, 3.05) is 40.9 Å². The van der Waals surface area contributed by atoms with E-state index in [1.807, 2.05) is 27.2 Å². The second-order valence-electron chi connectivity index (χ2n) is 24.2. The molecule has 0 radical (unpaired) electrons. The van der Waals surface area contributed by atoms with Gasteiger partial charge in [0.2, 0.25) is 5.91 Å². The van der Waals surface area contributed by atoms with Crippen LogP contribution in [0.25, 0.3) is 0 Å². The molecule has 0 aliphatic rings. The van der Waals surface area contributed by atoms with Crippen molar-refractivity contribution in [3.63, 3.8) is 0 Å². The number of likely N-dealkylation sites (N-methyl/N-ethyl adjacent to an activating group) is 1. The van der Waals surface area contributed by atoms with Crippen LogP contribution in [0.15, 0.2) is 170 Å². The fraction of sp³-hybridized carbons (Fsp3) is 0.628. The predicted molar refractivity (Wildman–Crippen MR) is 382 cm³/mol. The fourth-order valence-electron chi connectivity index (χ4n) is 9.26. The van der Waals surface area contributed by atoms with E-state index in [0.29, 0.717) is 17.4 Å². The molecule has 87 heavy (non-hydrogen) atoms. The summed E-state index contributed by atoms with van der Waals surface area (Å²) in [5.41, 5.74) is 0. The first-order chi connectivity index (χ1) is 42.5. The number of unbranched alkanes of at least 4 members (excludes halogenated alkanes) is 23. The standard InChI is InChI=1S/C78H131N2O6P/c1-6-8-10-12-14-16-18-20-22-24-26-28-30-32-34-35-36-37-38-39-40-41-42-43-44-45-46-48-50-52-54-56-58-60-62-64-66-68-70-72-78(82)79-76(75-86-87(83,84)85-74-73-80(3,4)5)77(81)71-69-67-65-63-61-59-57-55-53-51-49-47-33-31-29-27-25-23-21-19-17-15-13-11-9-7-2/h8,10,14,16,20,22,26,28,32,34,36-37,39-40,42-43,45-46,50,52-53,55-56,58,61,63,69,71,76-77,81H,6-7,9,11-13,15,17-19,21,23-25,27,29-31,33,35,38,41,44,47-49,51,54,57,59-60,62,64-68,70,72-75H2,1-5H3,(H-,79,82,83,84)/p+1/b10-8-,16-14-,22-20-,28-26-,34-32-,37-36-,40-39-,43-42-,46-45-,52-50-,55-53+,58-56-,63-61+,71-69+. The molecule has 0 aromatic carbocycles. The molecule has 3 atom stereocenters. The molecular formula is C78H132N2O6P+. The van der Waals surface area contributed by atoms with E-state index in [1.54, 1.807) is 6.08 Å². The minimum atomic E-state index is -4.38. The number of hydrogen-bond acceptors (Lipinski definition) is 5. The van der Waals surface area contributed by atoms with Crippen molar-refractivity contribution in [2.24, 2.45) is 0 Å². The number of rotatable bonds is 62. The SMILES string of the molecule is CC/C=C\C/C=C\C/C=C\C/C=C\C/C=C\C/C=C\C/C=C\C/C=C\C/C=C\C/C=C\C/C=C\CCCCCCCC(=O)NC(COP(=O)(O)OCC[N+](C)(C)C)C(O)/C=C/CC/C=C/CC/C=C/CCCCCCCCCCCCCCCCCC. The number of aliphatic hydroxyl groups excluding tert-OH is 1. The number of carbonyl (C=O) groups is 1. The van der Waals surface area contributed by atoms with E-state index in [-0.39, 0.29) is 19.1 Å². The van der Waals surface area contributed by atoms with Crippen LogP contribution in [0.4, 0.5) is 0 Å². The summed E-state index contributed by atoms with van der Waals surface area (Å²) < 4.78 is 23.8. The summed E-state index contributed by atoms with van der Waals surface area (Å²) in [6, 6.07) is -0.895. The van der Waals surface area contributed by atoms with Gasteiger partial charge >= 0.3 is 7.82 Å². The van der Waals surface area contributed by atoms with Gasteiger partial charge in [0.05, 0.1) is 39.9 Å². The van der Waals surface area contributed by atoms with E-state index >= 15 is 0 Å². The maximum Gasteiger partial charge on any atom is 0.472 e. The maximum absolute atomic E-state index is 13.0. The molecule has 0 heterocycles. The Kier molecular flexibility index (Phi) is 63.1. The largest absolute Gasteiger partial charge is 0.472 e. The Balaban J connectivity index is 4.26. The van der Waals surface area contributed by atoms with Gasteiger partial charge in [-0.3, -0.25) is 13.8 Å². The number of nitrogens with zero attached hydrogens (tertiary/aromatic N) is 1. The molecule has 494 valence electrons. The van der Waals surface area contributed by atoms with Crippen molar-refractivity contribution in [1.29, 1.82) is 0 Å². The number of quaternary nitrogens is 1. The first-order valence-corrected chi connectivity index (χ1v) is 36.5. The third-order valence-corrected chi connectivity index (χ3v) is 15.6. The summed E-state index contributed by atoms with van der Waals surface area (Å²) in [5.74, 6) is -0.215. The van der Waals surface area contributed by atoms with Gasteiger partial charge in [0, 0.05) is 6.42 Å². The van der Waals surface area contributed by atoms with Crippen LogP contribution in [0.2, 0.25) is 0 Å². The van der Waals surface area contributed by atoms with Crippen molar-refractivity contribution in [3.05, 3.63) is 170 Å². The van der Waals surface area contributed by atoms with Gasteiger partial charge in [-0.2, -0.15) is 0 Å². The van der Waals surface area contributed by atoms with Crippen LogP contribution in [0.1, 0.15) is 264 Å². The van der Waals surface area contributed by atoms with E-state index in [4.69, 9.17) is 9.05 Å². The number of phosphoric acid groups is 1. The molecule has 3 unspecified atom stereocenters. The quantitative estimate of drug-likeness (QED) is 0.0243. The molecule has 8 nitrogen and oxygen atoms in total. The number of phosphoric ester groups is 1. The second-order valence-corrected chi connectivity index (χ2v) is 25.6. The summed E-state index contributed by atoms with van der Waals surface area (Å²) >= 11 is 0. The van der Waals surface area contributed by atoms with E-state index in [1.165, 1.54) is 109 Å². The summed E-state index contributed by atoms with van der Waals surface area (Å²) in [5, 5.41) is 14.0. The number of aliphatic hydroxyl groups is 1. The molecule has 0 saturated carbocycles. The Morgan fingerprint density at radius 2 is 0.701 bits per heavy atom. The van der Waals surface area contributed by atoms with Crippen molar-refractivity contribution in [1.82, 2.24) is 5.32 Å². The molecular weight excluding hydrogens is 1090 g/mol. The minimum absolute atomic E-state index is 0.0403. The van der Waals surface area contributed by atoms with Crippen LogP contribution in [-0.4, -0.2) is 73.4 Å². The Hall–Kier alpha value is -4.14. The van der Waals surface area contributed by atoms with Gasteiger partial charge in [-0.25, -0.2) is 4.57 Å². The topological polar surface area (TPSA) is 105 Å². The molecule has 0 aromatic heterocycles. The molecule has 0 saturated heterocycles. The van der Waals surface area contributed by atoms with Gasteiger partial charge in [-0.1, -0.05) is 300 Å². The maximum atomic E-state index is 13.0. The van der Waals surface area contributed by atoms with Gasteiger partial charge < -0.3 is 19.8 Å². The number of hydrogen-bond donors (Lipinski definition) is 3. The van der Waals surface area contributed by atoms with Crippen LogP contribution >= 0.6 is 7.82 Å². The molecule has 0 aliphatic carbocycles. The molecule has 3 N–H and O–H groups in total. The zero-order valence-corrected chi connectivity index (χ0v) is 57.3.